The van der Waals surface area contributed by atoms with Crippen LogP contribution in [0.2, 0.25) is 0 Å². The summed E-state index contributed by atoms with van der Waals surface area (Å²) in [6.07, 6.45) is -5.00. The van der Waals surface area contributed by atoms with Gasteiger partial charge in [-0.1, -0.05) is 12.1 Å². The zero-order valence-corrected chi connectivity index (χ0v) is 14.8. The van der Waals surface area contributed by atoms with E-state index in [-0.39, 0.29) is 17.7 Å². The number of amides is 2. The number of benzene rings is 2. The van der Waals surface area contributed by atoms with Crippen molar-refractivity contribution in [2.24, 2.45) is 0 Å². The topological polar surface area (TPSA) is 83.9 Å². The second-order valence-electron chi connectivity index (χ2n) is 5.72. The van der Waals surface area contributed by atoms with Crippen LogP contribution in [0.15, 0.2) is 53.4 Å². The number of carbonyl (C=O) groups is 3. The highest BCUT2D eigenvalue weighted by molar-refractivity contribution is 8.00. The third-order valence-electron chi connectivity index (χ3n) is 3.82. The first-order valence-corrected chi connectivity index (χ1v) is 8.75. The molecule has 6 nitrogen and oxygen atoms in total. The Kier molecular flexibility index (Phi) is 5.32. The molecule has 28 heavy (non-hydrogen) atoms. The number of rotatable bonds is 5. The molecule has 1 saturated heterocycles. The summed E-state index contributed by atoms with van der Waals surface area (Å²) in [6.45, 7) is 0. The fourth-order valence-electron chi connectivity index (χ4n) is 2.66. The average molecular weight is 411 g/mol. The van der Waals surface area contributed by atoms with Gasteiger partial charge in [0.2, 0.25) is 11.8 Å². The van der Waals surface area contributed by atoms with E-state index in [1.54, 1.807) is 12.1 Å². The van der Waals surface area contributed by atoms with Crippen molar-refractivity contribution in [1.29, 1.82) is 0 Å². The maximum Gasteiger partial charge on any atom is 0.573 e. The Bertz CT molecular complexity index is 930. The van der Waals surface area contributed by atoms with E-state index in [1.807, 2.05) is 0 Å². The molecule has 10 heteroatoms. The molecule has 1 aliphatic heterocycles. The van der Waals surface area contributed by atoms with Crippen molar-refractivity contribution < 1.29 is 37.4 Å². The number of anilines is 1. The van der Waals surface area contributed by atoms with E-state index in [4.69, 9.17) is 0 Å². The normalized spacial score (nSPS) is 17.1. The second kappa shape index (κ2) is 7.55. The van der Waals surface area contributed by atoms with Gasteiger partial charge in [-0.05, 0) is 36.4 Å². The van der Waals surface area contributed by atoms with Crippen molar-refractivity contribution in [3.8, 4) is 5.75 Å². The van der Waals surface area contributed by atoms with Gasteiger partial charge in [0.05, 0.1) is 16.5 Å². The highest BCUT2D eigenvalue weighted by Gasteiger charge is 2.40. The first kappa shape index (κ1) is 19.7. The third kappa shape index (κ3) is 4.28. The largest absolute Gasteiger partial charge is 0.573 e. The maximum atomic E-state index is 12.6. The standard InChI is InChI=1S/C18H12F3NO5S/c19-18(20,21)27-11-7-5-10(6-8-11)22-15(23)9-14(16(22)24)28-13-4-2-1-3-12(13)17(25)26/h1-8,14H,9H2,(H,25,26). The number of hydrogen-bond donors (Lipinski definition) is 1. The van der Waals surface area contributed by atoms with E-state index < -0.39 is 35.1 Å². The zero-order valence-electron chi connectivity index (χ0n) is 14.0. The van der Waals surface area contributed by atoms with Crippen LogP contribution in [0.3, 0.4) is 0 Å². The monoisotopic (exact) mass is 411 g/mol. The van der Waals surface area contributed by atoms with Crippen molar-refractivity contribution in [2.75, 3.05) is 4.90 Å². The molecular formula is C18H12F3NO5S. The lowest BCUT2D eigenvalue weighted by Gasteiger charge is -2.16. The van der Waals surface area contributed by atoms with Crippen LogP contribution in [0.5, 0.6) is 5.75 Å². The van der Waals surface area contributed by atoms with Gasteiger partial charge in [-0.25, -0.2) is 9.69 Å². The fraction of sp³-hybridized carbons (Fsp3) is 0.167. The van der Waals surface area contributed by atoms with Crippen LogP contribution in [0.1, 0.15) is 16.8 Å². The predicted molar refractivity (Wildman–Crippen MR) is 93.3 cm³/mol. The smallest absolute Gasteiger partial charge is 0.478 e. The summed E-state index contributed by atoms with van der Waals surface area (Å²) in [5, 5.41) is 8.39. The molecule has 146 valence electrons. The highest BCUT2D eigenvalue weighted by atomic mass is 32.2. The molecule has 1 heterocycles. The van der Waals surface area contributed by atoms with Crippen molar-refractivity contribution >= 4 is 35.2 Å². The van der Waals surface area contributed by atoms with E-state index >= 15 is 0 Å². The molecule has 3 rings (SSSR count). The van der Waals surface area contributed by atoms with Gasteiger partial charge in [0, 0.05) is 11.3 Å². The molecule has 0 spiro atoms. The van der Waals surface area contributed by atoms with Gasteiger partial charge in [0.15, 0.2) is 0 Å². The number of carboxylic acids is 1. The Hall–Kier alpha value is -3.01. The van der Waals surface area contributed by atoms with Crippen molar-refractivity contribution in [1.82, 2.24) is 0 Å². The van der Waals surface area contributed by atoms with Gasteiger partial charge in [-0.3, -0.25) is 9.59 Å². The molecule has 1 N–H and O–H groups in total. The Morgan fingerprint density at radius 1 is 1.11 bits per heavy atom. The fourth-order valence-corrected chi connectivity index (χ4v) is 3.84. The molecule has 0 radical (unpaired) electrons. The van der Waals surface area contributed by atoms with Crippen LogP contribution in [0, 0.1) is 0 Å². The lowest BCUT2D eigenvalue weighted by Crippen LogP contribution is -2.31. The summed E-state index contributed by atoms with van der Waals surface area (Å²) >= 11 is 0.961. The second-order valence-corrected chi connectivity index (χ2v) is 6.97. The number of nitrogens with zero attached hydrogens (tertiary/aromatic N) is 1. The Balaban J connectivity index is 1.78. The molecule has 2 amide bonds. The number of imide groups is 1. The molecule has 1 fully saturated rings. The molecule has 0 saturated carbocycles. The number of carbonyl (C=O) groups excluding carboxylic acids is 2. The van der Waals surface area contributed by atoms with Gasteiger partial charge in [0.1, 0.15) is 5.75 Å². The molecule has 2 aromatic carbocycles. The average Bonchev–Trinajstić information content (AvgIpc) is 2.88. The van der Waals surface area contributed by atoms with E-state index in [9.17, 15) is 32.7 Å². The van der Waals surface area contributed by atoms with Crippen LogP contribution >= 0.6 is 11.8 Å². The number of hydrogen-bond acceptors (Lipinski definition) is 5. The van der Waals surface area contributed by atoms with E-state index in [0.717, 1.165) is 28.8 Å². The molecule has 0 aliphatic carbocycles. The molecule has 1 aliphatic rings. The number of thioether (sulfide) groups is 1. The number of carboxylic acid groups (broad SMARTS) is 1. The Labute approximate surface area is 160 Å². The molecule has 2 aromatic rings. The molecule has 0 bridgehead atoms. The Morgan fingerprint density at radius 3 is 2.36 bits per heavy atom. The quantitative estimate of drug-likeness (QED) is 0.756. The van der Waals surface area contributed by atoms with Crippen LogP contribution in [-0.2, 0) is 9.59 Å². The number of aromatic carboxylic acids is 1. The zero-order chi connectivity index (χ0) is 20.5. The highest BCUT2D eigenvalue weighted by Crippen LogP contribution is 2.36. The minimum atomic E-state index is -4.85. The first-order chi connectivity index (χ1) is 13.2. The molecule has 0 aromatic heterocycles. The summed E-state index contributed by atoms with van der Waals surface area (Å²) in [5.41, 5.74) is 0.124. The summed E-state index contributed by atoms with van der Waals surface area (Å²) in [7, 11) is 0. The van der Waals surface area contributed by atoms with Crippen LogP contribution in [-0.4, -0.2) is 34.5 Å². The summed E-state index contributed by atoms with van der Waals surface area (Å²) in [5.74, 6) is -2.73. The van der Waals surface area contributed by atoms with Gasteiger partial charge in [0.25, 0.3) is 0 Å². The molecule has 1 atom stereocenters. The van der Waals surface area contributed by atoms with Gasteiger partial charge in [-0.15, -0.1) is 24.9 Å². The first-order valence-electron chi connectivity index (χ1n) is 7.87. The number of alkyl halides is 3. The molecule has 1 unspecified atom stereocenters. The minimum absolute atomic E-state index is 0.0138. The van der Waals surface area contributed by atoms with Crippen LogP contribution in [0.4, 0.5) is 18.9 Å². The van der Waals surface area contributed by atoms with Gasteiger partial charge < -0.3 is 9.84 Å². The molecular weight excluding hydrogens is 399 g/mol. The summed E-state index contributed by atoms with van der Waals surface area (Å²) in [4.78, 5) is 37.4. The van der Waals surface area contributed by atoms with E-state index in [1.165, 1.54) is 24.3 Å². The van der Waals surface area contributed by atoms with E-state index in [0.29, 0.717) is 4.90 Å². The third-order valence-corrected chi connectivity index (χ3v) is 5.08. The predicted octanol–water partition coefficient (Wildman–Crippen LogP) is 3.71. The lowest BCUT2D eigenvalue weighted by molar-refractivity contribution is -0.274. The maximum absolute atomic E-state index is 12.6. The van der Waals surface area contributed by atoms with Gasteiger partial charge >= 0.3 is 12.3 Å². The van der Waals surface area contributed by atoms with Crippen LogP contribution in [0.25, 0.3) is 0 Å². The van der Waals surface area contributed by atoms with Crippen molar-refractivity contribution in [2.45, 2.75) is 22.9 Å². The minimum Gasteiger partial charge on any atom is -0.478 e. The van der Waals surface area contributed by atoms with Crippen molar-refractivity contribution in [3.63, 3.8) is 0 Å². The number of ether oxygens (including phenoxy) is 1. The lowest BCUT2D eigenvalue weighted by atomic mass is 10.2. The van der Waals surface area contributed by atoms with E-state index in [2.05, 4.69) is 4.74 Å². The number of halogens is 3. The van der Waals surface area contributed by atoms with Crippen LogP contribution < -0.4 is 9.64 Å². The van der Waals surface area contributed by atoms with Crippen molar-refractivity contribution in [3.05, 3.63) is 54.1 Å². The Morgan fingerprint density at radius 2 is 1.75 bits per heavy atom. The SMILES string of the molecule is O=C(O)c1ccccc1SC1CC(=O)N(c2ccc(OC(F)(F)F)cc2)C1=O. The van der Waals surface area contributed by atoms with Gasteiger partial charge in [-0.2, -0.15) is 0 Å². The summed E-state index contributed by atoms with van der Waals surface area (Å²) in [6, 6.07) is 10.5. The summed E-state index contributed by atoms with van der Waals surface area (Å²) < 4.78 is 40.4.